The van der Waals surface area contributed by atoms with Crippen LogP contribution in [0.2, 0.25) is 5.02 Å². The molecule has 1 aromatic carbocycles. The van der Waals surface area contributed by atoms with Crippen molar-refractivity contribution in [1.29, 1.82) is 0 Å². The minimum absolute atomic E-state index is 0. The fraction of sp³-hybridized carbons (Fsp3) is 0.600. The molecule has 0 aromatic heterocycles. The van der Waals surface area contributed by atoms with Gasteiger partial charge in [0.2, 0.25) is 0 Å². The van der Waals surface area contributed by atoms with Gasteiger partial charge in [-0.1, -0.05) is 30.5 Å². The fourth-order valence-corrected chi connectivity index (χ4v) is 3.22. The Bertz CT molecular complexity index is 535. The van der Waals surface area contributed by atoms with Gasteiger partial charge in [0.25, 0.3) is 5.69 Å². The van der Waals surface area contributed by atoms with Gasteiger partial charge >= 0.3 is 0 Å². The van der Waals surface area contributed by atoms with Crippen molar-refractivity contribution in [3.8, 4) is 0 Å². The molecule has 0 unspecified atom stereocenters. The van der Waals surface area contributed by atoms with Gasteiger partial charge in [0.1, 0.15) is 5.02 Å². The van der Waals surface area contributed by atoms with E-state index < -0.39 is 4.92 Å². The summed E-state index contributed by atoms with van der Waals surface area (Å²) in [5, 5.41) is 14.7. The number of hydrogen-bond donors (Lipinski definition) is 1. The molecule has 2 aliphatic rings. The third kappa shape index (κ3) is 5.19. The van der Waals surface area contributed by atoms with E-state index in [4.69, 9.17) is 11.6 Å². The summed E-state index contributed by atoms with van der Waals surface area (Å²) in [6, 6.07) is 5.55. The number of benzene rings is 1. The zero-order chi connectivity index (χ0) is 14.8. The minimum atomic E-state index is -0.391. The Hall–Kier alpha value is -0.590. The number of nitro benzene ring substituents is 1. The molecule has 130 valence electrons. The summed E-state index contributed by atoms with van der Waals surface area (Å²) >= 11 is 5.93. The van der Waals surface area contributed by atoms with Gasteiger partial charge in [0.15, 0.2) is 0 Å². The lowest BCUT2D eigenvalue weighted by molar-refractivity contribution is -0.384. The first-order chi connectivity index (χ1) is 10.1. The Balaban J connectivity index is 0.00000132. The van der Waals surface area contributed by atoms with Crippen molar-refractivity contribution in [1.82, 2.24) is 10.2 Å². The third-order valence-corrected chi connectivity index (χ3v) is 4.72. The average molecular weight is 383 g/mol. The van der Waals surface area contributed by atoms with Crippen molar-refractivity contribution in [2.24, 2.45) is 5.92 Å². The largest absolute Gasteiger partial charge is 0.314 e. The Kier molecular flexibility index (Phi) is 8.04. The van der Waals surface area contributed by atoms with Crippen LogP contribution in [0.4, 0.5) is 5.69 Å². The van der Waals surface area contributed by atoms with E-state index in [1.54, 1.807) is 12.1 Å². The Morgan fingerprint density at radius 2 is 1.96 bits per heavy atom. The van der Waals surface area contributed by atoms with Crippen LogP contribution in [0.5, 0.6) is 0 Å². The van der Waals surface area contributed by atoms with E-state index in [2.05, 4.69) is 10.2 Å². The molecule has 1 heterocycles. The molecule has 1 N–H and O–H groups in total. The molecule has 1 atom stereocenters. The highest BCUT2D eigenvalue weighted by Gasteiger charge is 2.31. The van der Waals surface area contributed by atoms with E-state index in [1.165, 1.54) is 12.8 Å². The Morgan fingerprint density at radius 1 is 1.30 bits per heavy atom. The number of rotatable bonds is 5. The molecule has 23 heavy (non-hydrogen) atoms. The summed E-state index contributed by atoms with van der Waals surface area (Å²) < 4.78 is 0. The topological polar surface area (TPSA) is 58.4 Å². The molecule has 1 aromatic rings. The monoisotopic (exact) mass is 381 g/mol. The second kappa shape index (κ2) is 9.04. The zero-order valence-electron chi connectivity index (χ0n) is 12.7. The van der Waals surface area contributed by atoms with Crippen molar-refractivity contribution in [3.05, 3.63) is 38.9 Å². The predicted molar refractivity (Wildman–Crippen MR) is 97.1 cm³/mol. The summed E-state index contributed by atoms with van der Waals surface area (Å²) in [6.07, 6.45) is 3.68. The first-order valence-corrected chi connectivity index (χ1v) is 7.91. The lowest BCUT2D eigenvalue weighted by Crippen LogP contribution is -2.45. The van der Waals surface area contributed by atoms with Crippen LogP contribution in [0.25, 0.3) is 0 Å². The highest BCUT2D eigenvalue weighted by molar-refractivity contribution is 6.32. The van der Waals surface area contributed by atoms with Gasteiger partial charge in [-0.3, -0.25) is 15.0 Å². The Morgan fingerprint density at radius 3 is 2.52 bits per heavy atom. The quantitative estimate of drug-likeness (QED) is 0.621. The van der Waals surface area contributed by atoms with Gasteiger partial charge in [-0.05, 0) is 24.0 Å². The highest BCUT2D eigenvalue weighted by Crippen LogP contribution is 2.41. The maximum atomic E-state index is 11.1. The lowest BCUT2D eigenvalue weighted by atomic mass is 9.98. The SMILES string of the molecule is Cl.Cl.O=[N+]([O-])c1cc([C@@H](CC2CC2)N2CCNCC2)ccc1Cl. The molecule has 2 fully saturated rings. The molecule has 8 heteroatoms. The molecule has 0 radical (unpaired) electrons. The van der Waals surface area contributed by atoms with Crippen molar-refractivity contribution in [2.45, 2.75) is 25.3 Å². The molecular formula is C15H22Cl3N3O2. The molecule has 5 nitrogen and oxygen atoms in total. The molecule has 1 aliphatic heterocycles. The fourth-order valence-electron chi connectivity index (χ4n) is 3.04. The van der Waals surface area contributed by atoms with E-state index in [-0.39, 0.29) is 41.6 Å². The smallest absolute Gasteiger partial charge is 0.288 e. The number of nitro groups is 1. The Labute approximate surface area is 153 Å². The minimum Gasteiger partial charge on any atom is -0.314 e. The van der Waals surface area contributed by atoms with Crippen LogP contribution in [0.15, 0.2) is 18.2 Å². The van der Waals surface area contributed by atoms with Crippen molar-refractivity contribution in [2.75, 3.05) is 26.2 Å². The van der Waals surface area contributed by atoms with E-state index >= 15 is 0 Å². The summed E-state index contributed by atoms with van der Waals surface area (Å²) in [5.41, 5.74) is 1.05. The van der Waals surface area contributed by atoms with Crippen LogP contribution in [-0.4, -0.2) is 36.0 Å². The summed E-state index contributed by atoms with van der Waals surface area (Å²) in [4.78, 5) is 13.2. The van der Waals surface area contributed by atoms with Gasteiger partial charge in [-0.25, -0.2) is 0 Å². The molecule has 1 saturated carbocycles. The summed E-state index contributed by atoms with van der Waals surface area (Å²) in [5.74, 6) is 0.777. The van der Waals surface area contributed by atoms with Crippen molar-refractivity contribution >= 4 is 42.1 Å². The third-order valence-electron chi connectivity index (χ3n) is 4.40. The van der Waals surface area contributed by atoms with E-state index in [0.717, 1.165) is 44.1 Å². The van der Waals surface area contributed by atoms with Crippen LogP contribution in [0, 0.1) is 16.0 Å². The summed E-state index contributed by atoms with van der Waals surface area (Å²) in [6.45, 7) is 3.95. The van der Waals surface area contributed by atoms with Crippen LogP contribution < -0.4 is 5.32 Å². The number of nitrogens with zero attached hydrogens (tertiary/aromatic N) is 2. The molecule has 3 rings (SSSR count). The van der Waals surface area contributed by atoms with Crippen LogP contribution in [0.1, 0.15) is 30.9 Å². The standard InChI is InChI=1S/C15H20ClN3O2.2ClH/c16-13-4-3-12(10-15(13)19(20)21)14(9-11-1-2-11)18-7-5-17-6-8-18;;/h3-4,10-11,14,17H,1-2,5-9H2;2*1H/t14-;;/m1../s1. The molecule has 1 aliphatic carbocycles. The molecule has 0 amide bonds. The van der Waals surface area contributed by atoms with E-state index in [0.29, 0.717) is 0 Å². The maximum absolute atomic E-state index is 11.1. The molecule has 1 saturated heterocycles. The van der Waals surface area contributed by atoms with Gasteiger partial charge < -0.3 is 5.32 Å². The van der Waals surface area contributed by atoms with Gasteiger partial charge in [0.05, 0.1) is 4.92 Å². The van der Waals surface area contributed by atoms with Gasteiger partial charge in [-0.2, -0.15) is 0 Å². The van der Waals surface area contributed by atoms with E-state index in [1.807, 2.05) is 6.07 Å². The van der Waals surface area contributed by atoms with Crippen LogP contribution in [0.3, 0.4) is 0 Å². The number of halogens is 3. The maximum Gasteiger partial charge on any atom is 0.288 e. The first kappa shape index (κ1) is 20.5. The number of piperazine rings is 1. The molecular weight excluding hydrogens is 361 g/mol. The average Bonchev–Trinajstić information content (AvgIpc) is 3.30. The van der Waals surface area contributed by atoms with Gasteiger partial charge in [-0.15, -0.1) is 24.8 Å². The van der Waals surface area contributed by atoms with Crippen LogP contribution in [-0.2, 0) is 0 Å². The zero-order valence-corrected chi connectivity index (χ0v) is 15.1. The first-order valence-electron chi connectivity index (χ1n) is 7.54. The van der Waals surface area contributed by atoms with Crippen molar-refractivity contribution < 1.29 is 4.92 Å². The predicted octanol–water partition coefficient (Wildman–Crippen LogP) is 3.84. The highest BCUT2D eigenvalue weighted by atomic mass is 35.5. The van der Waals surface area contributed by atoms with E-state index in [9.17, 15) is 10.1 Å². The number of nitrogens with one attached hydrogen (secondary N) is 1. The normalized spacial score (nSPS) is 19.3. The molecule has 0 bridgehead atoms. The second-order valence-corrected chi connectivity index (χ2v) is 6.36. The molecule has 0 spiro atoms. The second-order valence-electron chi connectivity index (χ2n) is 5.95. The van der Waals surface area contributed by atoms with Crippen molar-refractivity contribution in [3.63, 3.8) is 0 Å². The van der Waals surface area contributed by atoms with Gasteiger partial charge in [0, 0.05) is 38.3 Å². The summed E-state index contributed by atoms with van der Waals surface area (Å²) in [7, 11) is 0. The van der Waals surface area contributed by atoms with Crippen LogP contribution >= 0.6 is 36.4 Å². The number of hydrogen-bond acceptors (Lipinski definition) is 4. The lowest BCUT2D eigenvalue weighted by Gasteiger charge is -2.35.